The zero-order chi connectivity index (χ0) is 9.38. The Bertz CT molecular complexity index is 550. The molecule has 0 spiro atoms. The molecule has 1 nitrogen and oxygen atoms in total. The molecular formula is C13H10BrN. The molecule has 0 saturated carbocycles. The number of rotatable bonds is 0. The maximum Gasteiger partial charge on any atom is 0.218 e. The van der Waals surface area contributed by atoms with Crippen molar-refractivity contribution in [2.24, 2.45) is 0 Å². The Kier molecular flexibility index (Phi) is 2.69. The van der Waals surface area contributed by atoms with Crippen molar-refractivity contribution in [2.45, 2.75) is 0 Å². The molecule has 0 aliphatic carbocycles. The van der Waals surface area contributed by atoms with Crippen LogP contribution < -0.4 is 21.4 Å². The summed E-state index contributed by atoms with van der Waals surface area (Å²) in [4.78, 5) is 0. The minimum Gasteiger partial charge on any atom is -1.00 e. The van der Waals surface area contributed by atoms with Gasteiger partial charge in [0.05, 0.1) is 5.39 Å². The molecule has 1 aromatic carbocycles. The van der Waals surface area contributed by atoms with Crippen LogP contribution in [0.2, 0.25) is 0 Å². The number of halogens is 1. The summed E-state index contributed by atoms with van der Waals surface area (Å²) in [5.74, 6) is 0. The molecule has 0 bridgehead atoms. The van der Waals surface area contributed by atoms with Crippen molar-refractivity contribution in [2.75, 3.05) is 0 Å². The summed E-state index contributed by atoms with van der Waals surface area (Å²) < 4.78 is 2.14. The highest BCUT2D eigenvalue weighted by Gasteiger charge is 2.04. The standard InChI is InChI=1S/C13H10N.BrH/c1-2-6-12-11(5-1)8-10-14-9-4-3-7-13(12)14;/h1-10H;1H/q+1;/p-1. The van der Waals surface area contributed by atoms with E-state index in [0.29, 0.717) is 0 Å². The van der Waals surface area contributed by atoms with E-state index < -0.39 is 0 Å². The first-order valence-corrected chi connectivity index (χ1v) is 4.73. The van der Waals surface area contributed by atoms with Crippen LogP contribution in [-0.4, -0.2) is 0 Å². The van der Waals surface area contributed by atoms with Gasteiger partial charge in [0.1, 0.15) is 0 Å². The summed E-state index contributed by atoms with van der Waals surface area (Å²) >= 11 is 0. The van der Waals surface area contributed by atoms with Gasteiger partial charge in [-0.2, -0.15) is 4.40 Å². The van der Waals surface area contributed by atoms with Crippen molar-refractivity contribution in [1.29, 1.82) is 0 Å². The van der Waals surface area contributed by atoms with Crippen LogP contribution in [0.15, 0.2) is 60.9 Å². The van der Waals surface area contributed by atoms with Gasteiger partial charge >= 0.3 is 0 Å². The zero-order valence-electron chi connectivity index (χ0n) is 8.10. The Balaban J connectivity index is 0.000000853. The van der Waals surface area contributed by atoms with Crippen LogP contribution >= 0.6 is 0 Å². The molecule has 3 aromatic rings. The topological polar surface area (TPSA) is 4.10 Å². The minimum atomic E-state index is 0. The molecule has 15 heavy (non-hydrogen) atoms. The molecule has 0 N–H and O–H groups in total. The van der Waals surface area contributed by atoms with Crippen molar-refractivity contribution in [1.82, 2.24) is 0 Å². The lowest BCUT2D eigenvalue weighted by Gasteiger charge is -1.96. The van der Waals surface area contributed by atoms with Gasteiger partial charge in [-0.05, 0) is 17.5 Å². The highest BCUT2D eigenvalue weighted by Crippen LogP contribution is 2.15. The largest absolute Gasteiger partial charge is 1.00 e. The van der Waals surface area contributed by atoms with E-state index in [2.05, 4.69) is 59.3 Å². The van der Waals surface area contributed by atoms with Gasteiger partial charge in [-0.3, -0.25) is 0 Å². The van der Waals surface area contributed by atoms with Crippen LogP contribution in [0.25, 0.3) is 16.3 Å². The summed E-state index contributed by atoms with van der Waals surface area (Å²) in [6, 6.07) is 16.8. The highest BCUT2D eigenvalue weighted by atomic mass is 79.9. The highest BCUT2D eigenvalue weighted by molar-refractivity contribution is 5.93. The molecule has 0 amide bonds. The molecule has 0 saturated heterocycles. The van der Waals surface area contributed by atoms with Crippen LogP contribution in [0.4, 0.5) is 0 Å². The average Bonchev–Trinajstić information content (AvgIpc) is 2.29. The molecule has 0 radical (unpaired) electrons. The molecule has 0 fully saturated rings. The second-order valence-electron chi connectivity index (χ2n) is 3.40. The van der Waals surface area contributed by atoms with E-state index in [4.69, 9.17) is 0 Å². The Labute approximate surface area is 98.8 Å². The van der Waals surface area contributed by atoms with Gasteiger partial charge in [-0.1, -0.05) is 18.2 Å². The van der Waals surface area contributed by atoms with Gasteiger partial charge in [-0.15, -0.1) is 0 Å². The number of hydrogen-bond donors (Lipinski definition) is 0. The Morgan fingerprint density at radius 1 is 0.733 bits per heavy atom. The lowest BCUT2D eigenvalue weighted by atomic mass is 10.1. The fraction of sp³-hybridized carbons (Fsp3) is 0. The van der Waals surface area contributed by atoms with E-state index in [1.807, 2.05) is 6.07 Å². The van der Waals surface area contributed by atoms with E-state index in [1.54, 1.807) is 0 Å². The molecule has 0 aliphatic rings. The molecule has 2 heteroatoms. The lowest BCUT2D eigenvalue weighted by Crippen LogP contribution is -3.00. The zero-order valence-corrected chi connectivity index (χ0v) is 9.68. The summed E-state index contributed by atoms with van der Waals surface area (Å²) in [6.07, 6.45) is 4.17. The average molecular weight is 260 g/mol. The minimum absolute atomic E-state index is 0. The lowest BCUT2D eigenvalue weighted by molar-refractivity contribution is -0.510. The van der Waals surface area contributed by atoms with Crippen molar-refractivity contribution >= 4 is 16.3 Å². The molecule has 74 valence electrons. The van der Waals surface area contributed by atoms with Crippen LogP contribution in [-0.2, 0) is 0 Å². The first-order chi connectivity index (χ1) is 6.95. The second kappa shape index (κ2) is 3.99. The third-order valence-electron chi connectivity index (χ3n) is 2.54. The first kappa shape index (κ1) is 10.1. The Morgan fingerprint density at radius 3 is 2.47 bits per heavy atom. The summed E-state index contributed by atoms with van der Waals surface area (Å²) in [5, 5.41) is 2.59. The smallest absolute Gasteiger partial charge is 0.218 e. The first-order valence-electron chi connectivity index (χ1n) is 4.73. The van der Waals surface area contributed by atoms with Gasteiger partial charge in [-0.25, -0.2) is 0 Å². The number of nitrogens with zero attached hydrogens (tertiary/aromatic N) is 1. The summed E-state index contributed by atoms with van der Waals surface area (Å²) in [5.41, 5.74) is 1.26. The van der Waals surface area contributed by atoms with Gasteiger partial charge in [0.25, 0.3) is 0 Å². The number of benzene rings is 1. The third kappa shape index (κ3) is 1.61. The number of pyridine rings is 2. The van der Waals surface area contributed by atoms with Crippen LogP contribution in [0, 0.1) is 0 Å². The van der Waals surface area contributed by atoms with Gasteiger partial charge in [0, 0.05) is 18.2 Å². The van der Waals surface area contributed by atoms with E-state index >= 15 is 0 Å². The third-order valence-corrected chi connectivity index (χ3v) is 2.54. The summed E-state index contributed by atoms with van der Waals surface area (Å²) in [6.45, 7) is 0. The van der Waals surface area contributed by atoms with Crippen LogP contribution in [0.3, 0.4) is 0 Å². The van der Waals surface area contributed by atoms with Crippen molar-refractivity contribution in [3.63, 3.8) is 0 Å². The van der Waals surface area contributed by atoms with E-state index in [0.717, 1.165) is 0 Å². The quantitative estimate of drug-likeness (QED) is 0.382. The van der Waals surface area contributed by atoms with E-state index in [9.17, 15) is 0 Å². The number of fused-ring (bicyclic) bond motifs is 3. The van der Waals surface area contributed by atoms with E-state index in [-0.39, 0.29) is 17.0 Å². The fourth-order valence-electron chi connectivity index (χ4n) is 1.85. The molecule has 2 aromatic heterocycles. The Hall–Kier alpha value is -1.41. The monoisotopic (exact) mass is 259 g/mol. The molecular weight excluding hydrogens is 250 g/mol. The van der Waals surface area contributed by atoms with Gasteiger partial charge < -0.3 is 17.0 Å². The predicted molar refractivity (Wildman–Crippen MR) is 57.1 cm³/mol. The SMILES string of the molecule is [Br-].c1ccc2c(c1)cc[n+]1ccccc21. The maximum absolute atomic E-state index is 2.16. The molecule has 0 unspecified atom stereocenters. The van der Waals surface area contributed by atoms with E-state index in [1.165, 1.54) is 16.3 Å². The Morgan fingerprint density at radius 2 is 1.53 bits per heavy atom. The van der Waals surface area contributed by atoms with Gasteiger partial charge in [0.15, 0.2) is 12.4 Å². The normalized spacial score (nSPS) is 10.1. The van der Waals surface area contributed by atoms with Crippen LogP contribution in [0.5, 0.6) is 0 Å². The summed E-state index contributed by atoms with van der Waals surface area (Å²) in [7, 11) is 0. The van der Waals surface area contributed by atoms with Crippen molar-refractivity contribution in [3.05, 3.63) is 60.9 Å². The van der Waals surface area contributed by atoms with Crippen molar-refractivity contribution < 1.29 is 21.4 Å². The second-order valence-corrected chi connectivity index (χ2v) is 3.40. The van der Waals surface area contributed by atoms with Crippen molar-refractivity contribution in [3.8, 4) is 0 Å². The molecule has 0 atom stereocenters. The van der Waals surface area contributed by atoms with Gasteiger partial charge in [0.2, 0.25) is 5.52 Å². The predicted octanol–water partition coefficient (Wildman–Crippen LogP) is -0.417. The van der Waals surface area contributed by atoms with Crippen LogP contribution in [0.1, 0.15) is 0 Å². The number of aromatic nitrogens is 1. The fourth-order valence-corrected chi connectivity index (χ4v) is 1.85. The molecule has 3 rings (SSSR count). The molecule has 2 heterocycles. The maximum atomic E-state index is 2.16. The number of hydrogen-bond acceptors (Lipinski definition) is 0. The molecule has 0 aliphatic heterocycles.